The van der Waals surface area contributed by atoms with Gasteiger partial charge in [-0.3, -0.25) is 14.4 Å². The summed E-state index contributed by atoms with van der Waals surface area (Å²) in [6.45, 7) is 1.73. The van der Waals surface area contributed by atoms with Crippen LogP contribution in [0.15, 0.2) is 42.5 Å². The number of nitrogens with one attached hydrogen (secondary N) is 1. The summed E-state index contributed by atoms with van der Waals surface area (Å²) in [5.41, 5.74) is 0.694. The number of likely N-dealkylation sites (tertiary alicyclic amines) is 1. The van der Waals surface area contributed by atoms with Gasteiger partial charge in [0.05, 0.1) is 13.0 Å². The number of piperidine rings is 1. The van der Waals surface area contributed by atoms with Gasteiger partial charge in [0, 0.05) is 31.6 Å². The van der Waals surface area contributed by atoms with E-state index < -0.39 is 0 Å². The maximum Gasteiger partial charge on any atom is 0.305 e. The molecule has 0 aliphatic carbocycles. The number of benzene rings is 2. The quantitative estimate of drug-likeness (QED) is 0.533. The zero-order chi connectivity index (χ0) is 21.3. The number of hydrogen-bond donors (Lipinski definition) is 1. The van der Waals surface area contributed by atoms with Crippen LogP contribution in [0.5, 0.6) is 0 Å². The van der Waals surface area contributed by atoms with Crippen LogP contribution in [-0.4, -0.2) is 49.4 Å². The molecule has 2 aromatic carbocycles. The lowest BCUT2D eigenvalue weighted by Crippen LogP contribution is -2.45. The molecule has 1 N–H and O–H groups in total. The second kappa shape index (κ2) is 10.8. The summed E-state index contributed by atoms with van der Waals surface area (Å²) in [6.07, 6.45) is 4.50. The summed E-state index contributed by atoms with van der Waals surface area (Å²) in [5.74, 6) is -0.365. The normalized spacial score (nSPS) is 16.3. The Morgan fingerprint density at radius 3 is 2.70 bits per heavy atom. The number of fused-ring (bicyclic) bond motifs is 1. The van der Waals surface area contributed by atoms with E-state index in [0.717, 1.165) is 42.9 Å². The number of methoxy groups -OCH3 is 1. The third-order valence-electron chi connectivity index (χ3n) is 5.68. The van der Waals surface area contributed by atoms with Gasteiger partial charge >= 0.3 is 5.97 Å². The second-order valence-corrected chi connectivity index (χ2v) is 7.79. The number of carbonyl (C=O) groups is 3. The summed E-state index contributed by atoms with van der Waals surface area (Å²) >= 11 is 0. The summed E-state index contributed by atoms with van der Waals surface area (Å²) in [4.78, 5) is 38.6. The van der Waals surface area contributed by atoms with E-state index in [4.69, 9.17) is 0 Å². The Hall–Kier alpha value is -2.89. The molecule has 1 fully saturated rings. The fourth-order valence-corrected chi connectivity index (χ4v) is 3.99. The SMILES string of the molecule is COC(=O)CCCCCNC(=O)C1CCCN(C(=O)c2cccc3ccccc23)C1. The fraction of sp³-hybridized carbons (Fsp3) is 0.458. The number of hydrogen-bond acceptors (Lipinski definition) is 4. The van der Waals surface area contributed by atoms with Gasteiger partial charge in [0.1, 0.15) is 0 Å². The van der Waals surface area contributed by atoms with Gasteiger partial charge in [0.2, 0.25) is 5.91 Å². The highest BCUT2D eigenvalue weighted by Gasteiger charge is 2.29. The van der Waals surface area contributed by atoms with Crippen LogP contribution in [0.3, 0.4) is 0 Å². The Labute approximate surface area is 177 Å². The highest BCUT2D eigenvalue weighted by Crippen LogP contribution is 2.23. The Balaban J connectivity index is 1.50. The Kier molecular flexibility index (Phi) is 7.82. The Morgan fingerprint density at radius 1 is 1.07 bits per heavy atom. The molecular weight excluding hydrogens is 380 g/mol. The molecule has 1 aliphatic heterocycles. The lowest BCUT2D eigenvalue weighted by atomic mass is 9.95. The molecule has 6 nitrogen and oxygen atoms in total. The molecule has 1 saturated heterocycles. The van der Waals surface area contributed by atoms with E-state index in [1.54, 1.807) is 0 Å². The van der Waals surface area contributed by atoms with Crippen molar-refractivity contribution in [3.63, 3.8) is 0 Å². The zero-order valence-corrected chi connectivity index (χ0v) is 17.6. The number of nitrogens with zero attached hydrogens (tertiary/aromatic N) is 1. The van der Waals surface area contributed by atoms with Gasteiger partial charge in [-0.05, 0) is 42.5 Å². The molecule has 0 aromatic heterocycles. The molecule has 1 aliphatic rings. The zero-order valence-electron chi connectivity index (χ0n) is 17.6. The van der Waals surface area contributed by atoms with Gasteiger partial charge in [0.15, 0.2) is 0 Å². The predicted octanol–water partition coefficient (Wildman–Crippen LogP) is 3.54. The van der Waals surface area contributed by atoms with Crippen LogP contribution in [-0.2, 0) is 14.3 Å². The first kappa shape index (κ1) is 21.8. The van der Waals surface area contributed by atoms with Crippen LogP contribution in [0, 0.1) is 5.92 Å². The van der Waals surface area contributed by atoms with E-state index in [1.165, 1.54) is 7.11 Å². The first-order valence-electron chi connectivity index (χ1n) is 10.7. The highest BCUT2D eigenvalue weighted by atomic mass is 16.5. The molecular formula is C24H30N2O4. The average Bonchev–Trinajstić information content (AvgIpc) is 2.80. The molecule has 0 bridgehead atoms. The summed E-state index contributed by atoms with van der Waals surface area (Å²) < 4.78 is 4.62. The van der Waals surface area contributed by atoms with Gasteiger partial charge in [-0.1, -0.05) is 42.8 Å². The van der Waals surface area contributed by atoms with E-state index >= 15 is 0 Å². The van der Waals surface area contributed by atoms with Crippen LogP contribution in [0.25, 0.3) is 10.8 Å². The lowest BCUT2D eigenvalue weighted by molar-refractivity contribution is -0.140. The van der Waals surface area contributed by atoms with Crippen LogP contribution >= 0.6 is 0 Å². The Bertz CT molecular complexity index is 890. The number of esters is 1. The van der Waals surface area contributed by atoms with E-state index in [2.05, 4.69) is 10.1 Å². The number of unbranched alkanes of at least 4 members (excludes halogenated alkanes) is 2. The number of rotatable bonds is 8. The molecule has 3 rings (SSSR count). The van der Waals surface area contributed by atoms with Crippen molar-refractivity contribution in [2.24, 2.45) is 5.92 Å². The highest BCUT2D eigenvalue weighted by molar-refractivity contribution is 6.07. The molecule has 0 spiro atoms. The molecule has 30 heavy (non-hydrogen) atoms. The van der Waals surface area contributed by atoms with Gasteiger partial charge < -0.3 is 15.0 Å². The third kappa shape index (κ3) is 5.59. The molecule has 2 aromatic rings. The summed E-state index contributed by atoms with van der Waals surface area (Å²) in [7, 11) is 1.39. The van der Waals surface area contributed by atoms with Crippen molar-refractivity contribution in [1.29, 1.82) is 0 Å². The van der Waals surface area contributed by atoms with E-state index in [-0.39, 0.29) is 23.7 Å². The first-order chi connectivity index (χ1) is 14.6. The average molecular weight is 411 g/mol. The number of amides is 2. The molecule has 160 valence electrons. The number of carbonyl (C=O) groups excluding carboxylic acids is 3. The van der Waals surface area contributed by atoms with Crippen molar-refractivity contribution in [3.05, 3.63) is 48.0 Å². The smallest absolute Gasteiger partial charge is 0.305 e. The van der Waals surface area contributed by atoms with E-state index in [9.17, 15) is 14.4 Å². The van der Waals surface area contributed by atoms with Gasteiger partial charge in [-0.15, -0.1) is 0 Å². The standard InChI is InChI=1S/C24H30N2O4/c1-30-22(27)14-3-2-6-15-25-23(28)19-11-8-16-26(17-19)24(29)21-13-7-10-18-9-4-5-12-20(18)21/h4-5,7,9-10,12-13,19H,2-3,6,8,11,14-17H2,1H3,(H,25,28). The van der Waals surface area contributed by atoms with Crippen molar-refractivity contribution < 1.29 is 19.1 Å². The molecule has 1 heterocycles. The molecule has 2 amide bonds. The van der Waals surface area contributed by atoms with E-state index in [1.807, 2.05) is 47.4 Å². The largest absolute Gasteiger partial charge is 0.469 e. The van der Waals surface area contributed by atoms with Crippen molar-refractivity contribution >= 4 is 28.6 Å². The molecule has 1 unspecified atom stereocenters. The number of ether oxygens (including phenoxy) is 1. The van der Waals surface area contributed by atoms with Crippen LogP contribution in [0.1, 0.15) is 48.9 Å². The van der Waals surface area contributed by atoms with Crippen molar-refractivity contribution in [3.8, 4) is 0 Å². The van der Waals surface area contributed by atoms with Crippen molar-refractivity contribution in [2.45, 2.75) is 38.5 Å². The van der Waals surface area contributed by atoms with Crippen molar-refractivity contribution in [2.75, 3.05) is 26.7 Å². The van der Waals surface area contributed by atoms with Gasteiger partial charge in [0.25, 0.3) is 5.91 Å². The maximum atomic E-state index is 13.2. The van der Waals surface area contributed by atoms with Crippen LogP contribution < -0.4 is 5.32 Å². The van der Waals surface area contributed by atoms with Gasteiger partial charge in [-0.25, -0.2) is 0 Å². The predicted molar refractivity (Wildman–Crippen MR) is 116 cm³/mol. The molecule has 0 saturated carbocycles. The molecule has 0 radical (unpaired) electrons. The van der Waals surface area contributed by atoms with E-state index in [0.29, 0.717) is 31.6 Å². The molecule has 1 atom stereocenters. The van der Waals surface area contributed by atoms with Crippen LogP contribution in [0.2, 0.25) is 0 Å². The summed E-state index contributed by atoms with van der Waals surface area (Å²) in [5, 5.41) is 4.98. The second-order valence-electron chi connectivity index (χ2n) is 7.79. The summed E-state index contributed by atoms with van der Waals surface area (Å²) in [6, 6.07) is 13.7. The lowest BCUT2D eigenvalue weighted by Gasteiger charge is -2.32. The Morgan fingerprint density at radius 2 is 1.87 bits per heavy atom. The topological polar surface area (TPSA) is 75.7 Å². The maximum absolute atomic E-state index is 13.2. The van der Waals surface area contributed by atoms with Gasteiger partial charge in [-0.2, -0.15) is 0 Å². The first-order valence-corrected chi connectivity index (χ1v) is 10.7. The van der Waals surface area contributed by atoms with Crippen LogP contribution in [0.4, 0.5) is 0 Å². The third-order valence-corrected chi connectivity index (χ3v) is 5.68. The fourth-order valence-electron chi connectivity index (χ4n) is 3.99. The molecule has 6 heteroatoms. The minimum absolute atomic E-state index is 0.00731. The monoisotopic (exact) mass is 410 g/mol. The van der Waals surface area contributed by atoms with Crippen molar-refractivity contribution in [1.82, 2.24) is 10.2 Å². The minimum atomic E-state index is -0.197. The minimum Gasteiger partial charge on any atom is -0.469 e.